The van der Waals surface area contributed by atoms with E-state index in [1.165, 1.54) is 15.6 Å². The third-order valence-electron chi connectivity index (χ3n) is 5.89. The monoisotopic (exact) mass is 481 g/mol. The number of anilines is 1. The lowest BCUT2D eigenvalue weighted by Crippen LogP contribution is -2.51. The Morgan fingerprint density at radius 2 is 1.94 bits per heavy atom. The van der Waals surface area contributed by atoms with Crippen molar-refractivity contribution >= 4 is 34.8 Å². The van der Waals surface area contributed by atoms with Gasteiger partial charge in [-0.2, -0.15) is 5.10 Å². The molecular formula is C22H26F3N5O4. The number of piperidine rings is 1. The van der Waals surface area contributed by atoms with Crippen LogP contribution in [0.25, 0.3) is 10.9 Å². The number of carbonyl (C=O) groups is 3. The van der Waals surface area contributed by atoms with Gasteiger partial charge in [0.05, 0.1) is 18.0 Å². The molecule has 34 heavy (non-hydrogen) atoms. The van der Waals surface area contributed by atoms with Crippen LogP contribution in [0.15, 0.2) is 12.1 Å². The van der Waals surface area contributed by atoms with Gasteiger partial charge in [-0.05, 0) is 44.9 Å². The van der Waals surface area contributed by atoms with Gasteiger partial charge < -0.3 is 9.64 Å². The molecule has 4 amide bonds. The van der Waals surface area contributed by atoms with Crippen LogP contribution in [0.3, 0.4) is 0 Å². The highest BCUT2D eigenvalue weighted by Crippen LogP contribution is 2.43. The zero-order valence-electron chi connectivity index (χ0n) is 19.3. The van der Waals surface area contributed by atoms with E-state index in [1.54, 1.807) is 27.8 Å². The topological polar surface area (TPSA) is 96.8 Å². The number of nitrogens with zero attached hydrogens (tertiary/aromatic N) is 4. The van der Waals surface area contributed by atoms with Gasteiger partial charge in [-0.1, -0.05) is 0 Å². The quantitative estimate of drug-likeness (QED) is 0.708. The van der Waals surface area contributed by atoms with Crippen molar-refractivity contribution in [3.63, 3.8) is 0 Å². The van der Waals surface area contributed by atoms with Crippen LogP contribution in [0.1, 0.15) is 45.1 Å². The van der Waals surface area contributed by atoms with Crippen molar-refractivity contribution in [2.75, 3.05) is 24.5 Å². The number of urea groups is 1. The van der Waals surface area contributed by atoms with Crippen LogP contribution in [-0.4, -0.2) is 63.9 Å². The van der Waals surface area contributed by atoms with Gasteiger partial charge >= 0.3 is 12.1 Å². The van der Waals surface area contributed by atoms with E-state index < -0.39 is 47.8 Å². The van der Waals surface area contributed by atoms with Gasteiger partial charge in [0.25, 0.3) is 5.92 Å². The summed E-state index contributed by atoms with van der Waals surface area (Å²) < 4.78 is 52.0. The summed E-state index contributed by atoms with van der Waals surface area (Å²) in [6, 6.07) is 1.73. The summed E-state index contributed by atoms with van der Waals surface area (Å²) in [6.07, 6.45) is -0.931. The van der Waals surface area contributed by atoms with E-state index >= 15 is 13.2 Å². The molecular weight excluding hydrogens is 455 g/mol. The van der Waals surface area contributed by atoms with Gasteiger partial charge in [-0.25, -0.2) is 22.8 Å². The number of hydrogen-bond acceptors (Lipinski definition) is 5. The second-order valence-corrected chi connectivity index (χ2v) is 9.60. The van der Waals surface area contributed by atoms with E-state index in [4.69, 9.17) is 4.74 Å². The summed E-state index contributed by atoms with van der Waals surface area (Å²) in [5, 5.41) is 6.72. The van der Waals surface area contributed by atoms with Gasteiger partial charge in [0.15, 0.2) is 5.82 Å². The van der Waals surface area contributed by atoms with Crippen LogP contribution in [-0.2, 0) is 16.6 Å². The Balaban J connectivity index is 1.64. The number of ether oxygens (including phenoxy) is 1. The molecule has 0 saturated carbocycles. The standard InChI is InChI=1S/C22H26F3N5O4/c1-21(2,3)34-20(33)29-7-5-14(22(24,25)11-29)12-10-16-13(9-15(12)23)18(27-28(16)4)30-8-6-17(31)26-19(30)32/h9-10,14H,5-8,11H2,1-4H3,(H,26,31,32)/t14-/m0/s1. The number of likely N-dealkylation sites (tertiary alicyclic amines) is 1. The number of amides is 4. The Labute approximate surface area is 193 Å². The highest BCUT2D eigenvalue weighted by Gasteiger charge is 2.48. The third-order valence-corrected chi connectivity index (χ3v) is 5.89. The molecule has 1 aromatic carbocycles. The summed E-state index contributed by atoms with van der Waals surface area (Å²) in [5.41, 5.74) is -0.647. The predicted octanol–water partition coefficient (Wildman–Crippen LogP) is 3.52. The van der Waals surface area contributed by atoms with Crippen LogP contribution in [0.4, 0.5) is 28.6 Å². The number of rotatable bonds is 2. The van der Waals surface area contributed by atoms with Crippen molar-refractivity contribution in [2.24, 2.45) is 7.05 Å². The molecule has 2 aromatic rings. The molecule has 1 aromatic heterocycles. The van der Waals surface area contributed by atoms with Gasteiger partial charge in [0.1, 0.15) is 11.4 Å². The summed E-state index contributed by atoms with van der Waals surface area (Å²) >= 11 is 0. The largest absolute Gasteiger partial charge is 0.444 e. The number of nitrogens with one attached hydrogen (secondary N) is 1. The van der Waals surface area contributed by atoms with Crippen LogP contribution >= 0.6 is 0 Å². The predicted molar refractivity (Wildman–Crippen MR) is 116 cm³/mol. The van der Waals surface area contributed by atoms with Gasteiger partial charge in [-0.15, -0.1) is 0 Å². The van der Waals surface area contributed by atoms with Gasteiger partial charge in [0.2, 0.25) is 5.91 Å². The maximum absolute atomic E-state index is 15.2. The Kier molecular flexibility index (Phi) is 5.73. The lowest BCUT2D eigenvalue weighted by atomic mass is 9.85. The van der Waals surface area contributed by atoms with Crippen molar-refractivity contribution in [2.45, 2.75) is 51.1 Å². The molecule has 12 heteroatoms. The van der Waals surface area contributed by atoms with Crippen molar-refractivity contribution in [1.29, 1.82) is 0 Å². The summed E-state index contributed by atoms with van der Waals surface area (Å²) in [4.78, 5) is 38.1. The first-order chi connectivity index (χ1) is 15.8. The van der Waals surface area contributed by atoms with E-state index in [0.29, 0.717) is 5.52 Å². The number of aryl methyl sites for hydroxylation is 1. The molecule has 0 aliphatic carbocycles. The molecule has 2 saturated heterocycles. The minimum atomic E-state index is -3.39. The van der Waals surface area contributed by atoms with Crippen LogP contribution in [0.5, 0.6) is 0 Å². The highest BCUT2D eigenvalue weighted by atomic mass is 19.3. The second-order valence-electron chi connectivity index (χ2n) is 9.60. The number of hydrogen-bond donors (Lipinski definition) is 1. The van der Waals surface area contributed by atoms with E-state index in [1.807, 2.05) is 0 Å². The fourth-order valence-corrected chi connectivity index (χ4v) is 4.31. The molecule has 1 atom stereocenters. The smallest absolute Gasteiger partial charge is 0.410 e. The molecule has 9 nitrogen and oxygen atoms in total. The fraction of sp³-hybridized carbons (Fsp3) is 0.545. The normalized spacial score (nSPS) is 21.1. The number of halogens is 3. The van der Waals surface area contributed by atoms with E-state index in [2.05, 4.69) is 10.4 Å². The zero-order chi connectivity index (χ0) is 25.0. The highest BCUT2D eigenvalue weighted by molar-refractivity contribution is 6.08. The Morgan fingerprint density at radius 3 is 2.56 bits per heavy atom. The van der Waals surface area contributed by atoms with Crippen molar-refractivity contribution in [1.82, 2.24) is 20.0 Å². The van der Waals surface area contributed by atoms with Gasteiger partial charge in [-0.3, -0.25) is 19.7 Å². The lowest BCUT2D eigenvalue weighted by molar-refractivity contribution is -0.120. The fourth-order valence-electron chi connectivity index (χ4n) is 4.31. The number of benzene rings is 1. The number of aromatic nitrogens is 2. The first kappa shape index (κ1) is 23.8. The number of carbonyl (C=O) groups excluding carboxylic acids is 3. The lowest BCUT2D eigenvalue weighted by Gasteiger charge is -2.39. The maximum Gasteiger partial charge on any atom is 0.410 e. The molecule has 184 valence electrons. The van der Waals surface area contributed by atoms with Crippen molar-refractivity contribution < 1.29 is 32.3 Å². The molecule has 0 unspecified atom stereocenters. The molecule has 2 fully saturated rings. The molecule has 0 bridgehead atoms. The SMILES string of the molecule is Cn1nc(N2CCC(=O)NC2=O)c2cc(F)c([C@@H]3CCN(C(=O)OC(C)(C)C)CC3(F)F)cc21. The van der Waals surface area contributed by atoms with Crippen molar-refractivity contribution in [3.05, 3.63) is 23.5 Å². The van der Waals surface area contributed by atoms with Crippen LogP contribution in [0, 0.1) is 5.82 Å². The van der Waals surface area contributed by atoms with E-state index in [9.17, 15) is 14.4 Å². The maximum atomic E-state index is 15.2. The molecule has 1 N–H and O–H groups in total. The molecule has 2 aliphatic rings. The summed E-state index contributed by atoms with van der Waals surface area (Å²) in [6.45, 7) is 4.12. The molecule has 4 rings (SSSR count). The molecule has 3 heterocycles. The average Bonchev–Trinajstić information content (AvgIpc) is 3.01. The molecule has 0 spiro atoms. The Morgan fingerprint density at radius 1 is 1.24 bits per heavy atom. The van der Waals surface area contributed by atoms with Crippen LogP contribution in [0.2, 0.25) is 0 Å². The second kappa shape index (κ2) is 8.17. The average molecular weight is 481 g/mol. The van der Waals surface area contributed by atoms with E-state index in [0.717, 1.165) is 11.0 Å². The number of alkyl halides is 2. The number of fused-ring (bicyclic) bond motifs is 1. The first-order valence-corrected chi connectivity index (χ1v) is 10.9. The van der Waals surface area contributed by atoms with E-state index in [-0.39, 0.29) is 42.7 Å². The Hall–Kier alpha value is -3.31. The third kappa shape index (κ3) is 4.40. The zero-order valence-corrected chi connectivity index (χ0v) is 19.3. The Bertz CT molecular complexity index is 1170. The van der Waals surface area contributed by atoms with Gasteiger partial charge in [0, 0.05) is 31.9 Å². The van der Waals surface area contributed by atoms with Crippen molar-refractivity contribution in [3.8, 4) is 0 Å². The number of imide groups is 1. The van der Waals surface area contributed by atoms with Crippen LogP contribution < -0.4 is 10.2 Å². The molecule has 2 aliphatic heterocycles. The minimum absolute atomic E-state index is 0.00867. The minimum Gasteiger partial charge on any atom is -0.444 e. The molecule has 0 radical (unpaired) electrons. The first-order valence-electron chi connectivity index (χ1n) is 10.9. The summed E-state index contributed by atoms with van der Waals surface area (Å²) in [7, 11) is 1.56. The summed E-state index contributed by atoms with van der Waals surface area (Å²) in [5.74, 6) is -5.98.